The van der Waals surface area contributed by atoms with Gasteiger partial charge in [-0.2, -0.15) is 0 Å². The number of aryl methyl sites for hydroxylation is 1. The lowest BCUT2D eigenvalue weighted by atomic mass is 10.1. The van der Waals surface area contributed by atoms with E-state index in [1.54, 1.807) is 24.3 Å². The second-order valence-electron chi connectivity index (χ2n) is 6.63. The monoisotopic (exact) mass is 401 g/mol. The number of halogens is 1. The molecule has 1 N–H and O–H groups in total. The number of hydrogen-bond acceptors (Lipinski definition) is 5. The fourth-order valence-electron chi connectivity index (χ4n) is 3.47. The molecule has 1 aliphatic heterocycles. The van der Waals surface area contributed by atoms with Crippen LogP contribution in [0.3, 0.4) is 0 Å². The van der Waals surface area contributed by atoms with E-state index in [0.29, 0.717) is 16.1 Å². The Balaban J connectivity index is 1.94. The molecule has 0 saturated carbocycles. The molecule has 0 bridgehead atoms. The molecule has 0 atom stereocenters. The third-order valence-corrected chi connectivity index (χ3v) is 6.79. The molecule has 5 nitrogen and oxygen atoms in total. The van der Waals surface area contributed by atoms with Gasteiger partial charge in [0, 0.05) is 42.3 Å². The number of fused-ring (bicyclic) bond motifs is 1. The Kier molecular flexibility index (Phi) is 4.80. The highest BCUT2D eigenvalue weighted by atomic mass is 35.5. The molecule has 2 heterocycles. The zero-order valence-corrected chi connectivity index (χ0v) is 16.5. The standard InChI is InChI=1S/C20H20ClN3O2S/c1-14-12-19(27(25,26)16-5-2-4-15(21)13-16)17-6-3-7-18(20(17)23-14)24-10-8-22-9-11-24/h2-7,12-13,22H,8-11H2,1H3. The van der Waals surface area contributed by atoms with Crippen LogP contribution in [0.5, 0.6) is 0 Å². The van der Waals surface area contributed by atoms with Crippen LogP contribution in [0.2, 0.25) is 5.02 Å². The predicted octanol–water partition coefficient (Wildman–Crippen LogP) is 3.44. The summed E-state index contributed by atoms with van der Waals surface area (Å²) < 4.78 is 26.7. The highest BCUT2D eigenvalue weighted by molar-refractivity contribution is 7.91. The van der Waals surface area contributed by atoms with Crippen molar-refractivity contribution in [2.75, 3.05) is 31.1 Å². The van der Waals surface area contributed by atoms with Crippen molar-refractivity contribution in [3.63, 3.8) is 0 Å². The van der Waals surface area contributed by atoms with Crippen molar-refractivity contribution in [1.29, 1.82) is 0 Å². The molecular formula is C20H20ClN3O2S. The summed E-state index contributed by atoms with van der Waals surface area (Å²) in [5.41, 5.74) is 2.37. The maximum atomic E-state index is 13.3. The Bertz CT molecular complexity index is 1110. The Morgan fingerprint density at radius 1 is 1.07 bits per heavy atom. The van der Waals surface area contributed by atoms with Crippen molar-refractivity contribution in [3.05, 3.63) is 59.2 Å². The van der Waals surface area contributed by atoms with Crippen molar-refractivity contribution in [2.45, 2.75) is 16.7 Å². The maximum Gasteiger partial charge on any atom is 0.207 e. The summed E-state index contributed by atoms with van der Waals surface area (Å²) in [6.45, 7) is 5.35. The Hall–Kier alpha value is -2.15. The minimum atomic E-state index is -3.71. The van der Waals surface area contributed by atoms with Crippen LogP contribution in [0.25, 0.3) is 10.9 Å². The number of aromatic nitrogens is 1. The smallest absolute Gasteiger partial charge is 0.207 e. The van der Waals surface area contributed by atoms with Crippen LogP contribution in [0.1, 0.15) is 5.69 Å². The molecule has 1 fully saturated rings. The highest BCUT2D eigenvalue weighted by Gasteiger charge is 2.24. The van der Waals surface area contributed by atoms with Crippen LogP contribution in [-0.4, -0.2) is 39.6 Å². The number of pyridine rings is 1. The number of para-hydroxylation sites is 1. The minimum Gasteiger partial charge on any atom is -0.367 e. The largest absolute Gasteiger partial charge is 0.367 e. The van der Waals surface area contributed by atoms with Crippen molar-refractivity contribution in [3.8, 4) is 0 Å². The van der Waals surface area contributed by atoms with Crippen LogP contribution in [0.4, 0.5) is 5.69 Å². The number of hydrogen-bond donors (Lipinski definition) is 1. The molecule has 0 spiro atoms. The van der Waals surface area contributed by atoms with Gasteiger partial charge in [0.25, 0.3) is 0 Å². The molecule has 140 valence electrons. The first-order valence-electron chi connectivity index (χ1n) is 8.83. The molecule has 1 aromatic heterocycles. The summed E-state index contributed by atoms with van der Waals surface area (Å²) in [5.74, 6) is 0. The second-order valence-corrected chi connectivity index (χ2v) is 8.99. The third kappa shape index (κ3) is 3.40. The van der Waals surface area contributed by atoms with E-state index in [-0.39, 0.29) is 9.79 Å². The molecule has 4 rings (SSSR count). The average molecular weight is 402 g/mol. The van der Waals surface area contributed by atoms with Gasteiger partial charge in [0.2, 0.25) is 9.84 Å². The van der Waals surface area contributed by atoms with Crippen LogP contribution < -0.4 is 10.2 Å². The van der Waals surface area contributed by atoms with Gasteiger partial charge in [0.05, 0.1) is 21.0 Å². The van der Waals surface area contributed by atoms with E-state index in [1.807, 2.05) is 25.1 Å². The van der Waals surface area contributed by atoms with Crippen LogP contribution in [-0.2, 0) is 9.84 Å². The molecular weight excluding hydrogens is 382 g/mol. The predicted molar refractivity (Wildman–Crippen MR) is 108 cm³/mol. The summed E-state index contributed by atoms with van der Waals surface area (Å²) in [6, 6.07) is 13.7. The molecule has 2 aromatic carbocycles. The second kappa shape index (κ2) is 7.11. The molecule has 0 aliphatic carbocycles. The Morgan fingerprint density at radius 2 is 1.81 bits per heavy atom. The van der Waals surface area contributed by atoms with E-state index in [0.717, 1.165) is 37.4 Å². The van der Waals surface area contributed by atoms with E-state index >= 15 is 0 Å². The Morgan fingerprint density at radius 3 is 2.56 bits per heavy atom. The van der Waals surface area contributed by atoms with E-state index in [1.165, 1.54) is 6.07 Å². The lowest BCUT2D eigenvalue weighted by molar-refractivity contribution is 0.590. The first-order chi connectivity index (χ1) is 13.0. The van der Waals surface area contributed by atoms with Crippen molar-refractivity contribution < 1.29 is 8.42 Å². The minimum absolute atomic E-state index is 0.189. The normalized spacial score (nSPS) is 15.3. The molecule has 0 amide bonds. The van der Waals surface area contributed by atoms with E-state index in [9.17, 15) is 8.42 Å². The maximum absolute atomic E-state index is 13.3. The van der Waals surface area contributed by atoms with Gasteiger partial charge < -0.3 is 10.2 Å². The summed E-state index contributed by atoms with van der Waals surface area (Å²) >= 11 is 6.03. The first kappa shape index (κ1) is 18.2. The number of sulfone groups is 1. The van der Waals surface area contributed by atoms with Gasteiger partial charge in [-0.3, -0.25) is 4.98 Å². The zero-order valence-electron chi connectivity index (χ0n) is 14.9. The molecule has 1 aliphatic rings. The number of rotatable bonds is 3. The lowest BCUT2D eigenvalue weighted by Gasteiger charge is -2.30. The topological polar surface area (TPSA) is 62.3 Å². The number of benzene rings is 2. The van der Waals surface area contributed by atoms with Crippen molar-refractivity contribution in [1.82, 2.24) is 10.3 Å². The third-order valence-electron chi connectivity index (χ3n) is 4.76. The average Bonchev–Trinajstić information content (AvgIpc) is 2.67. The fraction of sp³-hybridized carbons (Fsp3) is 0.250. The molecule has 27 heavy (non-hydrogen) atoms. The number of nitrogens with one attached hydrogen (secondary N) is 1. The Labute approximate surface area is 163 Å². The zero-order chi connectivity index (χ0) is 19.0. The SMILES string of the molecule is Cc1cc(S(=O)(=O)c2cccc(Cl)c2)c2cccc(N3CCNCC3)c2n1. The van der Waals surface area contributed by atoms with Gasteiger partial charge in [0.1, 0.15) is 0 Å². The first-order valence-corrected chi connectivity index (χ1v) is 10.7. The number of anilines is 1. The van der Waals surface area contributed by atoms with Crippen LogP contribution >= 0.6 is 11.6 Å². The van der Waals surface area contributed by atoms with E-state index in [2.05, 4.69) is 15.2 Å². The molecule has 3 aromatic rings. The van der Waals surface area contributed by atoms with E-state index in [4.69, 9.17) is 11.6 Å². The molecule has 0 radical (unpaired) electrons. The number of piperazine rings is 1. The molecule has 7 heteroatoms. The summed E-state index contributed by atoms with van der Waals surface area (Å²) in [5, 5.41) is 4.37. The summed E-state index contributed by atoms with van der Waals surface area (Å²) in [6.07, 6.45) is 0. The van der Waals surface area contributed by atoms with Gasteiger partial charge >= 0.3 is 0 Å². The fourth-order valence-corrected chi connectivity index (χ4v) is 5.30. The summed E-state index contributed by atoms with van der Waals surface area (Å²) in [7, 11) is -3.71. The van der Waals surface area contributed by atoms with Crippen LogP contribution in [0, 0.1) is 6.92 Å². The lowest BCUT2D eigenvalue weighted by Crippen LogP contribution is -2.43. The number of nitrogens with zero attached hydrogens (tertiary/aromatic N) is 2. The van der Waals surface area contributed by atoms with Gasteiger partial charge in [0.15, 0.2) is 0 Å². The van der Waals surface area contributed by atoms with Gasteiger partial charge in [-0.1, -0.05) is 29.8 Å². The van der Waals surface area contributed by atoms with Crippen molar-refractivity contribution in [2.24, 2.45) is 0 Å². The van der Waals surface area contributed by atoms with Crippen LogP contribution in [0.15, 0.2) is 58.3 Å². The summed E-state index contributed by atoms with van der Waals surface area (Å²) in [4.78, 5) is 7.39. The van der Waals surface area contributed by atoms with Gasteiger partial charge in [-0.05, 0) is 37.3 Å². The molecule has 0 unspecified atom stereocenters. The quantitative estimate of drug-likeness (QED) is 0.728. The van der Waals surface area contributed by atoms with Gasteiger partial charge in [-0.25, -0.2) is 8.42 Å². The van der Waals surface area contributed by atoms with E-state index < -0.39 is 9.84 Å². The van der Waals surface area contributed by atoms with Gasteiger partial charge in [-0.15, -0.1) is 0 Å². The molecule has 1 saturated heterocycles. The highest BCUT2D eigenvalue weighted by Crippen LogP contribution is 2.33. The van der Waals surface area contributed by atoms with Crippen molar-refractivity contribution >= 4 is 38.0 Å².